The van der Waals surface area contributed by atoms with Crippen LogP contribution in [0.25, 0.3) is 33.5 Å². The van der Waals surface area contributed by atoms with Gasteiger partial charge in [-0.25, -0.2) is 4.98 Å². The fraction of sp³-hybridized carbons (Fsp3) is 0.0323. The number of ether oxygens (including phenoxy) is 1. The summed E-state index contributed by atoms with van der Waals surface area (Å²) in [6.07, 6.45) is 0. The van der Waals surface area contributed by atoms with Crippen LogP contribution in [0.4, 0.5) is 5.82 Å². The SMILES string of the molecule is N#Cc1c(-c2ccc(OCc3ccccc3)cc2)cc(-c2ccc(-c3ccccc3)cc2)nc1N. The summed E-state index contributed by atoms with van der Waals surface area (Å²) in [5.41, 5.74) is 13.3. The van der Waals surface area contributed by atoms with E-state index in [1.807, 2.05) is 91.0 Å². The highest BCUT2D eigenvalue weighted by atomic mass is 16.5. The zero-order valence-corrected chi connectivity index (χ0v) is 19.1. The molecule has 5 aromatic rings. The summed E-state index contributed by atoms with van der Waals surface area (Å²) in [4.78, 5) is 4.51. The van der Waals surface area contributed by atoms with Gasteiger partial charge >= 0.3 is 0 Å². The van der Waals surface area contributed by atoms with E-state index in [-0.39, 0.29) is 5.82 Å². The highest BCUT2D eigenvalue weighted by molar-refractivity contribution is 5.81. The predicted octanol–water partition coefficient (Wildman–Crippen LogP) is 7.12. The fourth-order valence-electron chi connectivity index (χ4n) is 3.99. The summed E-state index contributed by atoms with van der Waals surface area (Å²) >= 11 is 0. The Morgan fingerprint density at radius 2 is 1.26 bits per heavy atom. The van der Waals surface area contributed by atoms with Gasteiger partial charge in [0.15, 0.2) is 0 Å². The first-order chi connectivity index (χ1) is 17.2. The molecule has 168 valence electrons. The largest absolute Gasteiger partial charge is 0.489 e. The van der Waals surface area contributed by atoms with Crippen LogP contribution in [-0.2, 0) is 6.61 Å². The van der Waals surface area contributed by atoms with Crippen LogP contribution < -0.4 is 10.5 Å². The van der Waals surface area contributed by atoms with Crippen molar-refractivity contribution in [1.29, 1.82) is 5.26 Å². The van der Waals surface area contributed by atoms with Gasteiger partial charge in [0.1, 0.15) is 29.8 Å². The Morgan fingerprint density at radius 1 is 0.686 bits per heavy atom. The summed E-state index contributed by atoms with van der Waals surface area (Å²) in [6.45, 7) is 0.495. The molecule has 0 aliphatic heterocycles. The van der Waals surface area contributed by atoms with Gasteiger partial charge in [0.25, 0.3) is 0 Å². The zero-order valence-electron chi connectivity index (χ0n) is 19.1. The number of benzene rings is 4. The molecule has 35 heavy (non-hydrogen) atoms. The molecule has 4 aromatic carbocycles. The summed E-state index contributed by atoms with van der Waals surface area (Å²) in [6, 6.07) is 40.3. The second-order valence-electron chi connectivity index (χ2n) is 8.17. The van der Waals surface area contributed by atoms with Gasteiger partial charge in [-0.05, 0) is 40.5 Å². The Hall–Kier alpha value is -4.88. The third-order valence-electron chi connectivity index (χ3n) is 5.86. The van der Waals surface area contributed by atoms with Crippen LogP contribution in [0.2, 0.25) is 0 Å². The van der Waals surface area contributed by atoms with Gasteiger partial charge in [-0.3, -0.25) is 0 Å². The number of nitrogens with two attached hydrogens (primary N) is 1. The molecule has 2 N–H and O–H groups in total. The van der Waals surface area contributed by atoms with Crippen molar-refractivity contribution in [2.75, 3.05) is 5.73 Å². The molecule has 0 aliphatic carbocycles. The lowest BCUT2D eigenvalue weighted by Crippen LogP contribution is -2.00. The molecule has 0 radical (unpaired) electrons. The lowest BCUT2D eigenvalue weighted by atomic mass is 9.97. The smallest absolute Gasteiger partial charge is 0.142 e. The second kappa shape index (κ2) is 9.94. The molecule has 0 saturated carbocycles. The van der Waals surface area contributed by atoms with Crippen LogP contribution in [-0.4, -0.2) is 4.98 Å². The van der Waals surface area contributed by atoms with Crippen molar-refractivity contribution in [2.24, 2.45) is 0 Å². The molecular weight excluding hydrogens is 430 g/mol. The van der Waals surface area contributed by atoms with E-state index < -0.39 is 0 Å². The van der Waals surface area contributed by atoms with Crippen molar-refractivity contribution >= 4 is 5.82 Å². The molecule has 5 rings (SSSR count). The normalized spacial score (nSPS) is 10.5. The van der Waals surface area contributed by atoms with E-state index in [0.29, 0.717) is 12.2 Å². The number of aromatic nitrogens is 1. The first kappa shape index (κ1) is 21.9. The number of pyridine rings is 1. The van der Waals surface area contributed by atoms with E-state index in [1.54, 1.807) is 0 Å². The van der Waals surface area contributed by atoms with Crippen molar-refractivity contribution < 1.29 is 4.74 Å². The van der Waals surface area contributed by atoms with Crippen molar-refractivity contribution in [3.05, 3.63) is 126 Å². The van der Waals surface area contributed by atoms with Gasteiger partial charge in [0, 0.05) is 11.1 Å². The number of rotatable bonds is 6. The molecule has 0 amide bonds. The highest BCUT2D eigenvalue weighted by Crippen LogP contribution is 2.33. The number of hydrogen-bond acceptors (Lipinski definition) is 4. The molecule has 0 fully saturated rings. The van der Waals surface area contributed by atoms with Crippen LogP contribution in [0.1, 0.15) is 11.1 Å². The maximum atomic E-state index is 9.75. The molecule has 0 aliphatic rings. The summed E-state index contributed by atoms with van der Waals surface area (Å²) in [5.74, 6) is 0.978. The molecule has 1 aromatic heterocycles. The molecule has 0 saturated heterocycles. The van der Waals surface area contributed by atoms with Crippen molar-refractivity contribution in [3.8, 4) is 45.3 Å². The summed E-state index contributed by atoms with van der Waals surface area (Å²) < 4.78 is 5.90. The van der Waals surface area contributed by atoms with Gasteiger partial charge in [0.2, 0.25) is 0 Å². The third kappa shape index (κ3) is 4.90. The Labute approximate surface area is 204 Å². The third-order valence-corrected chi connectivity index (χ3v) is 5.86. The van der Waals surface area contributed by atoms with Crippen LogP contribution in [0.3, 0.4) is 0 Å². The molecule has 0 spiro atoms. The van der Waals surface area contributed by atoms with Crippen molar-refractivity contribution in [3.63, 3.8) is 0 Å². The topological polar surface area (TPSA) is 71.9 Å². The van der Waals surface area contributed by atoms with E-state index >= 15 is 0 Å². The first-order valence-electron chi connectivity index (χ1n) is 11.3. The van der Waals surface area contributed by atoms with Crippen molar-refractivity contribution in [1.82, 2.24) is 4.98 Å². The first-order valence-corrected chi connectivity index (χ1v) is 11.3. The van der Waals surface area contributed by atoms with E-state index in [9.17, 15) is 5.26 Å². The van der Waals surface area contributed by atoms with Gasteiger partial charge in [-0.15, -0.1) is 0 Å². The maximum Gasteiger partial charge on any atom is 0.142 e. The molecule has 4 nitrogen and oxygen atoms in total. The van der Waals surface area contributed by atoms with Gasteiger partial charge in [-0.1, -0.05) is 97.1 Å². The average molecular weight is 454 g/mol. The Bertz CT molecular complexity index is 1470. The molecule has 0 atom stereocenters. The minimum absolute atomic E-state index is 0.219. The molecule has 0 bridgehead atoms. The van der Waals surface area contributed by atoms with Crippen LogP contribution in [0.5, 0.6) is 5.75 Å². The quantitative estimate of drug-likeness (QED) is 0.297. The summed E-state index contributed by atoms with van der Waals surface area (Å²) in [5, 5.41) is 9.75. The predicted molar refractivity (Wildman–Crippen MR) is 140 cm³/mol. The number of nitrogen functional groups attached to an aromatic ring is 1. The fourth-order valence-corrected chi connectivity index (χ4v) is 3.99. The standard InChI is InChI=1S/C31H23N3O/c32-20-29-28(25-15-17-27(18-16-25)35-21-22-7-3-1-4-8-22)19-30(34-31(29)33)26-13-11-24(12-14-26)23-9-5-2-6-10-23/h1-19H,21H2,(H2,33,34). The average Bonchev–Trinajstić information content (AvgIpc) is 2.93. The Balaban J connectivity index is 1.42. The van der Waals surface area contributed by atoms with Crippen molar-refractivity contribution in [2.45, 2.75) is 6.61 Å². The summed E-state index contributed by atoms with van der Waals surface area (Å²) in [7, 11) is 0. The highest BCUT2D eigenvalue weighted by Gasteiger charge is 2.14. The molecule has 0 unspecified atom stereocenters. The minimum Gasteiger partial charge on any atom is -0.489 e. The monoisotopic (exact) mass is 453 g/mol. The number of anilines is 1. The zero-order chi connectivity index (χ0) is 24.0. The maximum absolute atomic E-state index is 9.75. The minimum atomic E-state index is 0.219. The lowest BCUT2D eigenvalue weighted by Gasteiger charge is -2.12. The molecule has 1 heterocycles. The van der Waals surface area contributed by atoms with E-state index in [1.165, 1.54) is 0 Å². The lowest BCUT2D eigenvalue weighted by molar-refractivity contribution is 0.306. The molecule has 4 heteroatoms. The number of nitrogens with zero attached hydrogens (tertiary/aromatic N) is 2. The van der Waals surface area contributed by atoms with Gasteiger partial charge < -0.3 is 10.5 Å². The van der Waals surface area contributed by atoms with E-state index in [2.05, 4.69) is 35.3 Å². The molecular formula is C31H23N3O. The van der Waals surface area contributed by atoms with Crippen LogP contribution >= 0.6 is 0 Å². The van der Waals surface area contributed by atoms with Crippen LogP contribution in [0, 0.1) is 11.3 Å². The van der Waals surface area contributed by atoms with Gasteiger partial charge in [0.05, 0.1) is 5.69 Å². The Kier molecular flexibility index (Phi) is 6.23. The second-order valence-corrected chi connectivity index (χ2v) is 8.17. The van der Waals surface area contributed by atoms with E-state index in [4.69, 9.17) is 10.5 Å². The Morgan fingerprint density at radius 3 is 1.91 bits per heavy atom. The van der Waals surface area contributed by atoms with E-state index in [0.717, 1.165) is 44.8 Å². The number of nitriles is 1. The van der Waals surface area contributed by atoms with Gasteiger partial charge in [-0.2, -0.15) is 5.26 Å². The van der Waals surface area contributed by atoms with Crippen LogP contribution in [0.15, 0.2) is 115 Å². The number of hydrogen-bond donors (Lipinski definition) is 1.